The van der Waals surface area contributed by atoms with E-state index in [1.165, 1.54) is 6.07 Å². The number of amides is 1. The number of rotatable bonds is 4. The standard InChI is InChI=1S/C20H26N4O2/c1-15-12-16(13-19(25)22-15)20(26)24-10-5-7-18(8-11-24)23(2)14-17-6-3-4-9-21-17/h3-4,6,9,12-13,18H,5,7-8,10-11,14H2,1-2H3,(H,22,25)/t18-/m0/s1. The molecule has 2 aromatic heterocycles. The van der Waals surface area contributed by atoms with Crippen molar-refractivity contribution >= 4 is 5.91 Å². The van der Waals surface area contributed by atoms with E-state index in [9.17, 15) is 9.59 Å². The summed E-state index contributed by atoms with van der Waals surface area (Å²) in [5, 5.41) is 0. The minimum atomic E-state index is -0.226. The van der Waals surface area contributed by atoms with Crippen LogP contribution in [0.3, 0.4) is 0 Å². The molecule has 0 bridgehead atoms. The van der Waals surface area contributed by atoms with E-state index >= 15 is 0 Å². The summed E-state index contributed by atoms with van der Waals surface area (Å²) in [5.74, 6) is -0.0489. The second kappa shape index (κ2) is 8.27. The first-order chi connectivity index (χ1) is 12.5. The first-order valence-electron chi connectivity index (χ1n) is 9.13. The molecule has 1 N–H and O–H groups in total. The molecule has 0 unspecified atom stereocenters. The number of hydrogen-bond acceptors (Lipinski definition) is 4. The average Bonchev–Trinajstić information content (AvgIpc) is 2.87. The largest absolute Gasteiger partial charge is 0.339 e. The number of carbonyl (C=O) groups is 1. The van der Waals surface area contributed by atoms with Crippen molar-refractivity contribution in [3.05, 3.63) is 63.8 Å². The molecule has 1 atom stereocenters. The number of nitrogens with zero attached hydrogens (tertiary/aromatic N) is 3. The van der Waals surface area contributed by atoms with Gasteiger partial charge in [-0.2, -0.15) is 0 Å². The second-order valence-corrected chi connectivity index (χ2v) is 7.03. The normalized spacial score (nSPS) is 18.0. The molecule has 26 heavy (non-hydrogen) atoms. The zero-order valence-electron chi connectivity index (χ0n) is 15.4. The molecule has 1 aliphatic rings. The van der Waals surface area contributed by atoms with Crippen LogP contribution in [0.2, 0.25) is 0 Å². The van der Waals surface area contributed by atoms with Gasteiger partial charge < -0.3 is 9.88 Å². The zero-order chi connectivity index (χ0) is 18.5. The van der Waals surface area contributed by atoms with Crippen LogP contribution in [0, 0.1) is 6.92 Å². The van der Waals surface area contributed by atoms with Crippen LogP contribution >= 0.6 is 0 Å². The van der Waals surface area contributed by atoms with Crippen LogP contribution in [0.5, 0.6) is 0 Å². The van der Waals surface area contributed by atoms with Crippen molar-refractivity contribution in [3.8, 4) is 0 Å². The fraction of sp³-hybridized carbons (Fsp3) is 0.450. The number of aromatic amines is 1. The van der Waals surface area contributed by atoms with Gasteiger partial charge >= 0.3 is 0 Å². The van der Waals surface area contributed by atoms with E-state index in [-0.39, 0.29) is 11.5 Å². The summed E-state index contributed by atoms with van der Waals surface area (Å²) in [5.41, 5.74) is 2.03. The van der Waals surface area contributed by atoms with Gasteiger partial charge in [-0.3, -0.25) is 19.5 Å². The van der Waals surface area contributed by atoms with E-state index in [1.807, 2.05) is 29.3 Å². The molecule has 0 spiro atoms. The van der Waals surface area contributed by atoms with Crippen LogP contribution in [-0.4, -0.2) is 51.9 Å². The Morgan fingerprint density at radius 1 is 1.31 bits per heavy atom. The van der Waals surface area contributed by atoms with Crippen LogP contribution < -0.4 is 5.56 Å². The smallest absolute Gasteiger partial charge is 0.254 e. The minimum Gasteiger partial charge on any atom is -0.339 e. The predicted molar refractivity (Wildman–Crippen MR) is 101 cm³/mol. The maximum absolute atomic E-state index is 12.8. The lowest BCUT2D eigenvalue weighted by molar-refractivity contribution is 0.0757. The van der Waals surface area contributed by atoms with E-state index in [0.717, 1.165) is 38.0 Å². The third-order valence-corrected chi connectivity index (χ3v) is 4.97. The number of aromatic nitrogens is 2. The maximum Gasteiger partial charge on any atom is 0.254 e. The fourth-order valence-corrected chi connectivity index (χ4v) is 3.59. The van der Waals surface area contributed by atoms with Crippen LogP contribution in [0.4, 0.5) is 0 Å². The van der Waals surface area contributed by atoms with Gasteiger partial charge in [-0.25, -0.2) is 0 Å². The lowest BCUT2D eigenvalue weighted by Crippen LogP contribution is -2.35. The molecule has 138 valence electrons. The molecule has 6 heteroatoms. The molecular weight excluding hydrogens is 328 g/mol. The number of aryl methyl sites for hydroxylation is 1. The van der Waals surface area contributed by atoms with Gasteiger partial charge in [0.15, 0.2) is 0 Å². The molecule has 1 amide bonds. The highest BCUT2D eigenvalue weighted by molar-refractivity contribution is 5.94. The number of carbonyl (C=O) groups excluding carboxylic acids is 1. The van der Waals surface area contributed by atoms with Crippen molar-refractivity contribution in [2.75, 3.05) is 20.1 Å². The summed E-state index contributed by atoms with van der Waals surface area (Å²) in [6.45, 7) is 4.05. The van der Waals surface area contributed by atoms with Gasteiger partial charge in [0.25, 0.3) is 5.91 Å². The Hall–Kier alpha value is -2.47. The van der Waals surface area contributed by atoms with E-state index in [4.69, 9.17) is 0 Å². The molecule has 0 aromatic carbocycles. The van der Waals surface area contributed by atoms with Gasteiger partial charge in [-0.05, 0) is 51.4 Å². The van der Waals surface area contributed by atoms with Crippen LogP contribution in [-0.2, 0) is 6.54 Å². The number of nitrogens with one attached hydrogen (secondary N) is 1. The summed E-state index contributed by atoms with van der Waals surface area (Å²) < 4.78 is 0. The number of pyridine rings is 2. The molecule has 1 aliphatic heterocycles. The van der Waals surface area contributed by atoms with Crippen molar-refractivity contribution in [3.63, 3.8) is 0 Å². The van der Waals surface area contributed by atoms with E-state index in [1.54, 1.807) is 13.0 Å². The lowest BCUT2D eigenvalue weighted by Gasteiger charge is -2.27. The molecule has 0 radical (unpaired) electrons. The Morgan fingerprint density at radius 3 is 2.88 bits per heavy atom. The highest BCUT2D eigenvalue weighted by Crippen LogP contribution is 2.19. The number of likely N-dealkylation sites (tertiary alicyclic amines) is 1. The quantitative estimate of drug-likeness (QED) is 0.914. The van der Waals surface area contributed by atoms with Crippen LogP contribution in [0.15, 0.2) is 41.3 Å². The molecule has 6 nitrogen and oxygen atoms in total. The van der Waals surface area contributed by atoms with Gasteiger partial charge in [-0.15, -0.1) is 0 Å². The van der Waals surface area contributed by atoms with Crippen molar-refractivity contribution in [2.24, 2.45) is 0 Å². The third-order valence-electron chi connectivity index (χ3n) is 4.97. The fourth-order valence-electron chi connectivity index (χ4n) is 3.59. The van der Waals surface area contributed by atoms with Crippen molar-refractivity contribution in [1.29, 1.82) is 0 Å². The molecule has 3 heterocycles. The summed E-state index contributed by atoms with van der Waals surface area (Å²) in [4.78, 5) is 35.7. The van der Waals surface area contributed by atoms with Gasteiger partial charge in [0.1, 0.15) is 0 Å². The first kappa shape index (κ1) is 18.3. The van der Waals surface area contributed by atoms with E-state index < -0.39 is 0 Å². The second-order valence-electron chi connectivity index (χ2n) is 7.03. The van der Waals surface area contributed by atoms with Crippen LogP contribution in [0.25, 0.3) is 0 Å². The summed E-state index contributed by atoms with van der Waals surface area (Å²) in [6.07, 6.45) is 4.77. The topological polar surface area (TPSA) is 69.3 Å². The SMILES string of the molecule is Cc1cc(C(=O)N2CCC[C@H](N(C)Cc3ccccn3)CC2)cc(=O)[nH]1. The Balaban J connectivity index is 1.62. The summed E-state index contributed by atoms with van der Waals surface area (Å²) in [6, 6.07) is 9.54. The molecule has 0 saturated carbocycles. The van der Waals surface area contributed by atoms with Crippen molar-refractivity contribution in [2.45, 2.75) is 38.8 Å². The van der Waals surface area contributed by atoms with Gasteiger partial charge in [0.05, 0.1) is 5.69 Å². The Morgan fingerprint density at radius 2 is 2.15 bits per heavy atom. The first-order valence-corrected chi connectivity index (χ1v) is 9.13. The van der Waals surface area contributed by atoms with Crippen molar-refractivity contribution in [1.82, 2.24) is 19.8 Å². The Labute approximate surface area is 153 Å². The Kier molecular flexibility index (Phi) is 5.83. The molecular formula is C20H26N4O2. The van der Waals surface area contributed by atoms with E-state index in [2.05, 4.69) is 21.9 Å². The van der Waals surface area contributed by atoms with Gasteiger partial charge in [0.2, 0.25) is 5.56 Å². The summed E-state index contributed by atoms with van der Waals surface area (Å²) in [7, 11) is 2.12. The van der Waals surface area contributed by atoms with Crippen LogP contribution in [0.1, 0.15) is 41.0 Å². The Bertz CT molecular complexity index is 803. The van der Waals surface area contributed by atoms with Gasteiger partial charge in [-0.1, -0.05) is 6.07 Å². The molecule has 1 fully saturated rings. The highest BCUT2D eigenvalue weighted by Gasteiger charge is 2.24. The predicted octanol–water partition coefficient (Wildman–Crippen LogP) is 2.21. The number of hydrogen-bond donors (Lipinski definition) is 1. The van der Waals surface area contributed by atoms with E-state index in [0.29, 0.717) is 23.8 Å². The van der Waals surface area contributed by atoms with Gasteiger partial charge in [0, 0.05) is 49.2 Å². The van der Waals surface area contributed by atoms with Crippen molar-refractivity contribution < 1.29 is 4.79 Å². The molecule has 2 aromatic rings. The summed E-state index contributed by atoms with van der Waals surface area (Å²) >= 11 is 0. The number of H-pyrrole nitrogens is 1. The third kappa shape index (κ3) is 4.58. The zero-order valence-corrected chi connectivity index (χ0v) is 15.4. The molecule has 0 aliphatic carbocycles. The molecule has 1 saturated heterocycles. The maximum atomic E-state index is 12.8. The highest BCUT2D eigenvalue weighted by atomic mass is 16.2. The monoisotopic (exact) mass is 354 g/mol. The minimum absolute atomic E-state index is 0.0489. The lowest BCUT2D eigenvalue weighted by atomic mass is 10.1. The average molecular weight is 354 g/mol. The molecule has 3 rings (SSSR count).